The van der Waals surface area contributed by atoms with Gasteiger partial charge in [-0.2, -0.15) is 0 Å². The first-order valence-corrected chi connectivity index (χ1v) is 8.68. The Hall–Kier alpha value is -1.70. The van der Waals surface area contributed by atoms with Gasteiger partial charge in [0.25, 0.3) is 0 Å². The highest BCUT2D eigenvalue weighted by molar-refractivity contribution is 7.91. The van der Waals surface area contributed by atoms with Crippen LogP contribution < -0.4 is 4.90 Å². The normalized spacial score (nSPS) is 18.5. The van der Waals surface area contributed by atoms with Crippen LogP contribution >= 0.6 is 0 Å². The van der Waals surface area contributed by atoms with Gasteiger partial charge >= 0.3 is 5.97 Å². The van der Waals surface area contributed by atoms with Gasteiger partial charge in [-0.3, -0.25) is 0 Å². The van der Waals surface area contributed by atoms with Crippen molar-refractivity contribution in [3.8, 4) is 0 Å². The third-order valence-electron chi connectivity index (χ3n) is 3.40. The number of hydrogen-bond donors (Lipinski definition) is 1. The van der Waals surface area contributed by atoms with Gasteiger partial charge < -0.3 is 10.0 Å². The van der Waals surface area contributed by atoms with Crippen LogP contribution in [0.5, 0.6) is 0 Å². The molecule has 116 valence electrons. The molecule has 0 saturated carbocycles. The summed E-state index contributed by atoms with van der Waals surface area (Å²) in [4.78, 5) is 21.5. The molecule has 1 aliphatic heterocycles. The summed E-state index contributed by atoms with van der Waals surface area (Å²) < 4.78 is 23.3. The Kier molecular flexibility index (Phi) is 4.46. The van der Waals surface area contributed by atoms with Crippen LogP contribution in [0.15, 0.2) is 6.20 Å². The fourth-order valence-corrected chi connectivity index (χ4v) is 3.51. The zero-order valence-corrected chi connectivity index (χ0v) is 12.9. The molecule has 21 heavy (non-hydrogen) atoms. The van der Waals surface area contributed by atoms with Crippen molar-refractivity contribution in [1.29, 1.82) is 0 Å². The molecule has 0 aromatic carbocycles. The number of carbonyl (C=O) groups is 1. The summed E-state index contributed by atoms with van der Waals surface area (Å²) in [6.07, 6.45) is 1.97. The van der Waals surface area contributed by atoms with Crippen molar-refractivity contribution in [2.45, 2.75) is 26.2 Å². The van der Waals surface area contributed by atoms with Crippen LogP contribution in [0, 0.1) is 0 Å². The Balaban J connectivity index is 2.36. The minimum atomic E-state index is -3.04. The number of anilines is 1. The van der Waals surface area contributed by atoms with Gasteiger partial charge in [0.05, 0.1) is 23.4 Å². The molecule has 0 spiro atoms. The van der Waals surface area contributed by atoms with Crippen LogP contribution in [-0.4, -0.2) is 54.1 Å². The summed E-state index contributed by atoms with van der Waals surface area (Å²) in [5, 5.41) is 9.34. The number of sulfone groups is 1. The van der Waals surface area contributed by atoms with E-state index in [-0.39, 0.29) is 29.7 Å². The molecular formula is C13H19N3O4S. The summed E-state index contributed by atoms with van der Waals surface area (Å²) in [6, 6.07) is 0. The van der Waals surface area contributed by atoms with Gasteiger partial charge in [-0.25, -0.2) is 23.2 Å². The third-order valence-corrected chi connectivity index (χ3v) is 5.12. The average Bonchev–Trinajstić information content (AvgIpc) is 2.59. The lowest BCUT2D eigenvalue weighted by atomic mass is 10.2. The predicted molar refractivity (Wildman–Crippen MR) is 78.6 cm³/mol. The largest absolute Gasteiger partial charge is 0.476 e. The van der Waals surface area contributed by atoms with Crippen molar-refractivity contribution in [2.24, 2.45) is 0 Å². The summed E-state index contributed by atoms with van der Waals surface area (Å²) in [7, 11) is -3.04. The maximum absolute atomic E-state index is 11.6. The van der Waals surface area contributed by atoms with Crippen molar-refractivity contribution in [2.75, 3.05) is 29.5 Å². The van der Waals surface area contributed by atoms with E-state index in [1.807, 2.05) is 13.8 Å². The molecule has 2 rings (SSSR count). The van der Waals surface area contributed by atoms with Crippen molar-refractivity contribution in [3.05, 3.63) is 17.7 Å². The quantitative estimate of drug-likeness (QED) is 0.885. The van der Waals surface area contributed by atoms with Gasteiger partial charge in [0.2, 0.25) is 0 Å². The van der Waals surface area contributed by atoms with E-state index in [1.54, 1.807) is 4.90 Å². The first kappa shape index (κ1) is 15.7. The lowest BCUT2D eigenvalue weighted by Gasteiger charge is -2.23. The van der Waals surface area contributed by atoms with Gasteiger partial charge in [-0.15, -0.1) is 0 Å². The lowest BCUT2D eigenvalue weighted by molar-refractivity contribution is 0.0690. The van der Waals surface area contributed by atoms with Crippen LogP contribution in [0.25, 0.3) is 0 Å². The van der Waals surface area contributed by atoms with E-state index in [9.17, 15) is 18.3 Å². The minimum absolute atomic E-state index is 0.0258. The highest BCUT2D eigenvalue weighted by atomic mass is 32.2. The van der Waals surface area contributed by atoms with Crippen molar-refractivity contribution >= 4 is 21.5 Å². The molecule has 1 N–H and O–H groups in total. The Bertz CT molecular complexity index is 643. The van der Waals surface area contributed by atoms with Crippen molar-refractivity contribution in [3.63, 3.8) is 0 Å². The Morgan fingerprint density at radius 3 is 2.67 bits per heavy atom. The SMILES string of the molecule is CC(C)c1ncc(N2CCCS(=O)(=O)CC2)c(C(=O)O)n1. The Labute approximate surface area is 123 Å². The molecule has 0 amide bonds. The van der Waals surface area contributed by atoms with E-state index in [2.05, 4.69) is 9.97 Å². The van der Waals surface area contributed by atoms with Crippen molar-refractivity contribution < 1.29 is 18.3 Å². The molecule has 1 aromatic rings. The Morgan fingerprint density at radius 1 is 1.33 bits per heavy atom. The number of carboxylic acid groups (broad SMARTS) is 1. The molecule has 2 heterocycles. The average molecular weight is 313 g/mol. The monoisotopic (exact) mass is 313 g/mol. The predicted octanol–water partition coefficient (Wildman–Crippen LogP) is 0.923. The molecule has 0 atom stereocenters. The number of rotatable bonds is 3. The standard InChI is InChI=1S/C13H19N3O4S/c1-9(2)12-14-8-10(11(15-12)13(17)18)16-4-3-6-21(19,20)7-5-16/h8-9H,3-7H2,1-2H3,(H,17,18). The number of nitrogens with zero attached hydrogens (tertiary/aromatic N) is 3. The molecule has 1 aromatic heterocycles. The molecule has 0 radical (unpaired) electrons. The summed E-state index contributed by atoms with van der Waals surface area (Å²) in [6.45, 7) is 4.54. The fourth-order valence-electron chi connectivity index (χ4n) is 2.24. The summed E-state index contributed by atoms with van der Waals surface area (Å²) in [5.74, 6) is -0.462. The van der Waals surface area contributed by atoms with Crippen LogP contribution in [0.2, 0.25) is 0 Å². The second kappa shape index (κ2) is 5.97. The minimum Gasteiger partial charge on any atom is -0.476 e. The number of aromatic nitrogens is 2. The third kappa shape index (κ3) is 3.69. The highest BCUT2D eigenvalue weighted by Gasteiger charge is 2.24. The zero-order valence-electron chi connectivity index (χ0n) is 12.1. The number of carboxylic acids is 1. The van der Waals surface area contributed by atoms with Gasteiger partial charge in [-0.05, 0) is 6.42 Å². The summed E-state index contributed by atoms with van der Waals surface area (Å²) >= 11 is 0. The topological polar surface area (TPSA) is 100 Å². The molecule has 1 saturated heterocycles. The van der Waals surface area contributed by atoms with E-state index in [0.29, 0.717) is 24.5 Å². The fraction of sp³-hybridized carbons (Fsp3) is 0.615. The molecule has 0 bridgehead atoms. The van der Waals surface area contributed by atoms with Crippen molar-refractivity contribution in [1.82, 2.24) is 9.97 Å². The van der Waals surface area contributed by atoms with E-state index in [0.717, 1.165) is 0 Å². The van der Waals surface area contributed by atoms with E-state index < -0.39 is 15.8 Å². The first-order valence-electron chi connectivity index (χ1n) is 6.86. The second-order valence-corrected chi connectivity index (χ2v) is 7.72. The first-order chi connectivity index (χ1) is 9.80. The zero-order chi connectivity index (χ0) is 15.6. The van der Waals surface area contributed by atoms with Crippen LogP contribution in [0.4, 0.5) is 5.69 Å². The van der Waals surface area contributed by atoms with Gasteiger partial charge in [0.15, 0.2) is 15.5 Å². The summed E-state index contributed by atoms with van der Waals surface area (Å²) in [5.41, 5.74) is 0.331. The molecule has 1 aliphatic rings. The molecule has 8 heteroatoms. The van der Waals surface area contributed by atoms with Crippen LogP contribution in [0.1, 0.15) is 42.5 Å². The maximum atomic E-state index is 11.6. The molecular weight excluding hydrogens is 294 g/mol. The van der Waals surface area contributed by atoms with Gasteiger partial charge in [-0.1, -0.05) is 13.8 Å². The van der Waals surface area contributed by atoms with Crippen LogP contribution in [-0.2, 0) is 9.84 Å². The number of hydrogen-bond acceptors (Lipinski definition) is 6. The van der Waals surface area contributed by atoms with Gasteiger partial charge in [0.1, 0.15) is 5.82 Å². The van der Waals surface area contributed by atoms with E-state index in [1.165, 1.54) is 6.20 Å². The maximum Gasteiger partial charge on any atom is 0.356 e. The smallest absolute Gasteiger partial charge is 0.356 e. The van der Waals surface area contributed by atoms with Crippen LogP contribution in [0.3, 0.4) is 0 Å². The molecule has 1 fully saturated rings. The Morgan fingerprint density at radius 2 is 2.05 bits per heavy atom. The van der Waals surface area contributed by atoms with Gasteiger partial charge in [0, 0.05) is 19.0 Å². The second-order valence-electron chi connectivity index (χ2n) is 5.41. The van der Waals surface area contributed by atoms with E-state index in [4.69, 9.17) is 0 Å². The molecule has 0 unspecified atom stereocenters. The number of aromatic carboxylic acids is 1. The molecule has 7 nitrogen and oxygen atoms in total. The highest BCUT2D eigenvalue weighted by Crippen LogP contribution is 2.22. The lowest BCUT2D eigenvalue weighted by Crippen LogP contribution is -2.29. The van der Waals surface area contributed by atoms with E-state index >= 15 is 0 Å². The molecule has 0 aliphatic carbocycles.